The number of aromatic nitrogens is 1. The summed E-state index contributed by atoms with van der Waals surface area (Å²) in [7, 11) is 0. The molecule has 6 nitrogen and oxygen atoms in total. The lowest BCUT2D eigenvalue weighted by molar-refractivity contribution is -0.118. The maximum atomic E-state index is 11.7. The highest BCUT2D eigenvalue weighted by atomic mass is 127. The Bertz CT molecular complexity index is 732. The Morgan fingerprint density at radius 1 is 1.11 bits per heavy atom. The predicted molar refractivity (Wildman–Crippen MR) is 126 cm³/mol. The van der Waals surface area contributed by atoms with Gasteiger partial charge in [0.2, 0.25) is 5.91 Å². The van der Waals surface area contributed by atoms with Crippen LogP contribution in [0.5, 0.6) is 0 Å². The molecule has 0 saturated carbocycles. The molecule has 0 atom stereocenters. The van der Waals surface area contributed by atoms with E-state index in [-0.39, 0.29) is 35.8 Å². The molecule has 0 spiro atoms. The van der Waals surface area contributed by atoms with Crippen LogP contribution in [0, 0.1) is 5.92 Å². The molecule has 2 aromatic rings. The first-order valence-corrected chi connectivity index (χ1v) is 9.40. The third kappa shape index (κ3) is 8.69. The van der Waals surface area contributed by atoms with Crippen LogP contribution in [0.15, 0.2) is 53.7 Å². The van der Waals surface area contributed by atoms with Crippen molar-refractivity contribution < 1.29 is 4.79 Å². The summed E-state index contributed by atoms with van der Waals surface area (Å²) >= 11 is 0. The molecule has 0 aliphatic carbocycles. The van der Waals surface area contributed by atoms with E-state index < -0.39 is 0 Å². The quantitative estimate of drug-likeness (QED) is 0.297. The summed E-state index contributed by atoms with van der Waals surface area (Å²) in [6, 6.07) is 13.7. The monoisotopic (exact) mass is 495 g/mol. The van der Waals surface area contributed by atoms with E-state index in [9.17, 15) is 4.79 Å². The number of hydrogen-bond acceptors (Lipinski definition) is 3. The van der Waals surface area contributed by atoms with Gasteiger partial charge in [-0.3, -0.25) is 9.78 Å². The zero-order chi connectivity index (χ0) is 19.5. The fraction of sp³-hybridized carbons (Fsp3) is 0.381. The number of benzene rings is 1. The number of guanidine groups is 1. The summed E-state index contributed by atoms with van der Waals surface area (Å²) in [6.45, 7) is 7.93. The summed E-state index contributed by atoms with van der Waals surface area (Å²) in [5, 5.41) is 9.47. The van der Waals surface area contributed by atoms with Crippen LogP contribution < -0.4 is 16.0 Å². The van der Waals surface area contributed by atoms with Crippen molar-refractivity contribution in [1.29, 1.82) is 0 Å². The van der Waals surface area contributed by atoms with Crippen molar-refractivity contribution in [2.75, 3.05) is 18.4 Å². The standard InChI is InChI=1S/C21H29N5O.HI/c1-4-22-21(24-14-12-18-7-5-6-13-23-18)25-15-17-8-10-19(11-9-17)26-20(27)16(2)3;/h5-11,13,16H,4,12,14-15H2,1-3H3,(H,26,27)(H2,22,24,25);1H. The predicted octanol–water partition coefficient (Wildman–Crippen LogP) is 3.59. The van der Waals surface area contributed by atoms with Gasteiger partial charge in [0, 0.05) is 43.0 Å². The molecule has 1 aromatic carbocycles. The van der Waals surface area contributed by atoms with E-state index in [0.717, 1.165) is 42.4 Å². The van der Waals surface area contributed by atoms with E-state index in [1.165, 1.54) is 0 Å². The number of carbonyl (C=O) groups is 1. The fourth-order valence-corrected chi connectivity index (χ4v) is 2.35. The average molecular weight is 495 g/mol. The Labute approximate surface area is 184 Å². The number of halogens is 1. The molecular weight excluding hydrogens is 465 g/mol. The van der Waals surface area contributed by atoms with Gasteiger partial charge in [-0.25, -0.2) is 4.99 Å². The minimum atomic E-state index is -0.0332. The van der Waals surface area contributed by atoms with E-state index in [1.54, 1.807) is 0 Å². The van der Waals surface area contributed by atoms with Gasteiger partial charge in [-0.05, 0) is 36.8 Å². The summed E-state index contributed by atoms with van der Waals surface area (Å²) in [5.74, 6) is 0.770. The van der Waals surface area contributed by atoms with Crippen LogP contribution in [-0.4, -0.2) is 29.9 Å². The zero-order valence-electron chi connectivity index (χ0n) is 16.7. The maximum absolute atomic E-state index is 11.7. The van der Waals surface area contributed by atoms with Crippen LogP contribution in [0.2, 0.25) is 0 Å². The molecule has 0 unspecified atom stereocenters. The largest absolute Gasteiger partial charge is 0.357 e. The molecule has 1 heterocycles. The van der Waals surface area contributed by atoms with Crippen molar-refractivity contribution in [3.63, 3.8) is 0 Å². The Kier molecular flexibility index (Phi) is 11.2. The highest BCUT2D eigenvalue weighted by Crippen LogP contribution is 2.11. The van der Waals surface area contributed by atoms with Gasteiger partial charge in [0.05, 0.1) is 6.54 Å². The molecule has 2 rings (SSSR count). The van der Waals surface area contributed by atoms with Crippen LogP contribution in [0.1, 0.15) is 32.0 Å². The molecular formula is C21H30IN5O. The van der Waals surface area contributed by atoms with E-state index in [2.05, 4.69) is 25.9 Å². The number of aliphatic imine (C=N–C) groups is 1. The second-order valence-corrected chi connectivity index (χ2v) is 6.53. The molecule has 0 aliphatic rings. The number of pyridine rings is 1. The Morgan fingerprint density at radius 2 is 1.86 bits per heavy atom. The summed E-state index contributed by atoms with van der Waals surface area (Å²) in [4.78, 5) is 20.7. The van der Waals surface area contributed by atoms with Gasteiger partial charge < -0.3 is 16.0 Å². The molecule has 0 saturated heterocycles. The van der Waals surface area contributed by atoms with E-state index in [1.807, 2.05) is 69.4 Å². The van der Waals surface area contributed by atoms with Crippen molar-refractivity contribution in [3.05, 3.63) is 59.9 Å². The topological polar surface area (TPSA) is 78.4 Å². The van der Waals surface area contributed by atoms with Crippen molar-refractivity contribution in [2.45, 2.75) is 33.7 Å². The van der Waals surface area contributed by atoms with Gasteiger partial charge in [-0.15, -0.1) is 24.0 Å². The lowest BCUT2D eigenvalue weighted by Gasteiger charge is -2.11. The first-order chi connectivity index (χ1) is 13.1. The third-order valence-electron chi connectivity index (χ3n) is 3.91. The third-order valence-corrected chi connectivity index (χ3v) is 3.91. The highest BCUT2D eigenvalue weighted by Gasteiger charge is 2.06. The summed E-state index contributed by atoms with van der Waals surface area (Å²) in [6.07, 6.45) is 2.65. The van der Waals surface area contributed by atoms with E-state index in [4.69, 9.17) is 0 Å². The van der Waals surface area contributed by atoms with Gasteiger partial charge in [0.1, 0.15) is 0 Å². The van der Waals surface area contributed by atoms with Gasteiger partial charge in [-0.2, -0.15) is 0 Å². The van der Waals surface area contributed by atoms with Crippen molar-refractivity contribution in [2.24, 2.45) is 10.9 Å². The Balaban J connectivity index is 0.00000392. The molecule has 28 heavy (non-hydrogen) atoms. The Morgan fingerprint density at radius 3 is 2.46 bits per heavy atom. The van der Waals surface area contributed by atoms with Crippen LogP contribution in [0.3, 0.4) is 0 Å². The number of carbonyl (C=O) groups excluding carboxylic acids is 1. The molecule has 1 amide bonds. The van der Waals surface area contributed by atoms with Crippen molar-refractivity contribution in [3.8, 4) is 0 Å². The molecule has 0 fully saturated rings. The smallest absolute Gasteiger partial charge is 0.226 e. The molecule has 0 radical (unpaired) electrons. The number of nitrogens with one attached hydrogen (secondary N) is 3. The van der Waals surface area contributed by atoms with Gasteiger partial charge in [0.15, 0.2) is 5.96 Å². The first kappa shape index (κ1) is 23.9. The van der Waals surface area contributed by atoms with Gasteiger partial charge in [-0.1, -0.05) is 32.0 Å². The molecule has 152 valence electrons. The highest BCUT2D eigenvalue weighted by molar-refractivity contribution is 14.0. The van der Waals surface area contributed by atoms with Gasteiger partial charge in [0.25, 0.3) is 0 Å². The minimum Gasteiger partial charge on any atom is -0.357 e. The molecule has 7 heteroatoms. The van der Waals surface area contributed by atoms with E-state index in [0.29, 0.717) is 6.54 Å². The number of amides is 1. The van der Waals surface area contributed by atoms with Crippen molar-refractivity contribution in [1.82, 2.24) is 15.6 Å². The van der Waals surface area contributed by atoms with Gasteiger partial charge >= 0.3 is 0 Å². The SMILES string of the molecule is CCNC(=NCc1ccc(NC(=O)C(C)C)cc1)NCCc1ccccn1.I. The minimum absolute atomic E-state index is 0. The maximum Gasteiger partial charge on any atom is 0.226 e. The lowest BCUT2D eigenvalue weighted by atomic mass is 10.2. The Hall–Kier alpha value is -2.16. The molecule has 3 N–H and O–H groups in total. The van der Waals surface area contributed by atoms with Crippen LogP contribution in [0.4, 0.5) is 5.69 Å². The summed E-state index contributed by atoms with van der Waals surface area (Å²) in [5.41, 5.74) is 2.95. The second-order valence-electron chi connectivity index (χ2n) is 6.53. The number of nitrogens with zero attached hydrogens (tertiary/aromatic N) is 2. The van der Waals surface area contributed by atoms with E-state index >= 15 is 0 Å². The lowest BCUT2D eigenvalue weighted by Crippen LogP contribution is -2.38. The van der Waals surface area contributed by atoms with Crippen molar-refractivity contribution >= 4 is 41.5 Å². The first-order valence-electron chi connectivity index (χ1n) is 9.40. The fourth-order valence-electron chi connectivity index (χ4n) is 2.35. The van der Waals surface area contributed by atoms with Crippen LogP contribution in [-0.2, 0) is 17.8 Å². The normalized spacial score (nSPS) is 10.9. The molecule has 0 aliphatic heterocycles. The average Bonchev–Trinajstić information content (AvgIpc) is 2.68. The van der Waals surface area contributed by atoms with Crippen LogP contribution in [0.25, 0.3) is 0 Å². The second kappa shape index (κ2) is 13.1. The number of anilines is 1. The number of rotatable bonds is 8. The molecule has 1 aromatic heterocycles. The molecule has 0 bridgehead atoms. The number of hydrogen-bond donors (Lipinski definition) is 3. The summed E-state index contributed by atoms with van der Waals surface area (Å²) < 4.78 is 0. The zero-order valence-corrected chi connectivity index (χ0v) is 19.1. The van der Waals surface area contributed by atoms with Crippen LogP contribution >= 0.6 is 24.0 Å².